The molecule has 2 bridgehead atoms. The van der Waals surface area contributed by atoms with Gasteiger partial charge in [0.2, 0.25) is 11.9 Å². The number of likely N-dealkylation sites (N-methyl/N-ethyl adjacent to an activating group) is 4. The first-order chi connectivity index (χ1) is 60.5. The van der Waals surface area contributed by atoms with E-state index in [2.05, 4.69) is 45.8 Å². The number of nitrogens with zero attached hydrogens (tertiary/aromatic N) is 15. The van der Waals surface area contributed by atoms with Gasteiger partial charge in [-0.25, -0.2) is 9.97 Å². The largest absolute Gasteiger partial charge is 0.454 e. The predicted molar refractivity (Wildman–Crippen MR) is 501 cm³/mol. The maximum atomic E-state index is 14.3. The summed E-state index contributed by atoms with van der Waals surface area (Å²) < 4.78 is 16.4. The third-order valence-corrected chi connectivity index (χ3v) is 35.6. The van der Waals surface area contributed by atoms with Gasteiger partial charge >= 0.3 is 0 Å². The zero-order valence-corrected chi connectivity index (χ0v) is 81.1. The number of carbonyl (C=O) groups excluding carboxylic acids is 13. The lowest BCUT2D eigenvalue weighted by Crippen LogP contribution is -2.71. The third-order valence-electron chi connectivity index (χ3n) is 25.0. The number of piperazine rings is 4. The van der Waals surface area contributed by atoms with Crippen molar-refractivity contribution in [3.8, 4) is 35.8 Å². The van der Waals surface area contributed by atoms with E-state index in [-0.39, 0.29) is 125 Å². The second kappa shape index (κ2) is 39.0. The van der Waals surface area contributed by atoms with Gasteiger partial charge in [0.1, 0.15) is 16.5 Å². The van der Waals surface area contributed by atoms with E-state index >= 15 is 0 Å². The molecular formula is C88H105N15O19S9. The Morgan fingerprint density at radius 2 is 0.939 bits per heavy atom. The summed E-state index contributed by atoms with van der Waals surface area (Å²) in [4.78, 5) is 187. The molecule has 131 heavy (non-hydrogen) atoms. The number of aliphatic hydroxyl groups is 3. The van der Waals surface area contributed by atoms with Crippen LogP contribution < -0.4 is 9.47 Å². The molecule has 43 heteroatoms. The van der Waals surface area contributed by atoms with Crippen molar-refractivity contribution in [1.29, 1.82) is 21.0 Å². The monoisotopic (exact) mass is 1960 g/mol. The van der Waals surface area contributed by atoms with Gasteiger partial charge in [0.05, 0.1) is 95.6 Å². The van der Waals surface area contributed by atoms with E-state index in [1.807, 2.05) is 0 Å². The van der Waals surface area contributed by atoms with E-state index in [0.717, 1.165) is 35.3 Å². The van der Waals surface area contributed by atoms with E-state index < -0.39 is 125 Å². The van der Waals surface area contributed by atoms with Gasteiger partial charge < -0.3 is 68.7 Å². The number of ether oxygens (including phenoxy) is 3. The number of hydrogen-bond acceptors (Lipinski definition) is 35. The summed E-state index contributed by atoms with van der Waals surface area (Å²) in [5.74, 6) is -2.40. The van der Waals surface area contributed by atoms with Crippen molar-refractivity contribution in [3.05, 3.63) is 125 Å². The molecule has 3 N–H and O–H groups in total. The van der Waals surface area contributed by atoms with Gasteiger partial charge in [0, 0.05) is 111 Å². The Kier molecular flexibility index (Phi) is 31.4. The topological polar surface area (TPSA) is 470 Å². The van der Waals surface area contributed by atoms with E-state index in [1.165, 1.54) is 118 Å². The molecule has 11 aliphatic heterocycles. The number of aromatic nitrogens is 3. The fraction of sp³-hybridized carbons (Fsp3) is 0.534. The van der Waals surface area contributed by atoms with Crippen LogP contribution in [0.4, 0.5) is 0 Å². The molecule has 700 valence electrons. The minimum absolute atomic E-state index is 0. The number of rotatable bonds is 19. The summed E-state index contributed by atoms with van der Waals surface area (Å²) in [5.41, 5.74) is -1.13. The Bertz CT molecular complexity index is 5530. The molecule has 2 aromatic heterocycles. The molecule has 4 aromatic rings. The maximum absolute atomic E-state index is 14.3. The van der Waals surface area contributed by atoms with Crippen molar-refractivity contribution in [2.45, 2.75) is 219 Å². The lowest BCUT2D eigenvalue weighted by Gasteiger charge is -2.52. The smallest absolute Gasteiger partial charge is 0.261 e. The quantitative estimate of drug-likeness (QED) is 0.0734. The molecule has 8 amide bonds. The molecule has 13 heterocycles. The number of carbonyl (C=O) groups is 13. The Morgan fingerprint density at radius 3 is 1.37 bits per heavy atom. The van der Waals surface area contributed by atoms with Crippen molar-refractivity contribution < 1.29 is 91.9 Å². The highest BCUT2D eigenvalue weighted by atomic mass is 32.2. The average molecular weight is 1970 g/mol. The van der Waals surface area contributed by atoms with E-state index in [4.69, 9.17) is 26.4 Å². The number of benzene rings is 2. The molecule has 10 saturated heterocycles. The summed E-state index contributed by atoms with van der Waals surface area (Å²) in [6, 6.07) is 21.3. The van der Waals surface area contributed by atoms with Crippen molar-refractivity contribution >= 4 is 183 Å². The predicted octanol–water partition coefficient (Wildman–Crippen LogP) is 10.9. The van der Waals surface area contributed by atoms with Gasteiger partial charge in [0.25, 0.3) is 47.3 Å². The summed E-state index contributed by atoms with van der Waals surface area (Å²) in [6.07, 6.45) is 6.13. The molecular weight excluding hydrogens is 1860 g/mol. The van der Waals surface area contributed by atoms with Crippen LogP contribution in [0.2, 0.25) is 0 Å². The number of allylic oxidation sites excluding steroid dienone is 1. The number of thioether (sulfide) groups is 8. The first-order valence-electron chi connectivity index (χ1n) is 40.4. The van der Waals surface area contributed by atoms with Crippen molar-refractivity contribution in [2.24, 2.45) is 21.7 Å². The molecule has 4 unspecified atom stereocenters. The molecule has 11 aliphatic rings. The van der Waals surface area contributed by atoms with Crippen LogP contribution in [0.1, 0.15) is 201 Å². The van der Waals surface area contributed by atoms with Crippen LogP contribution >= 0.6 is 106 Å². The number of pyridine rings is 1. The number of methoxy groups -OCH3 is 1. The lowest BCUT2D eigenvalue weighted by molar-refractivity contribution is -0.163. The molecule has 2 aromatic carbocycles. The first kappa shape index (κ1) is 106. The van der Waals surface area contributed by atoms with Crippen LogP contribution in [0.5, 0.6) is 11.5 Å². The van der Waals surface area contributed by atoms with Gasteiger partial charge in [-0.1, -0.05) is 119 Å². The number of aliphatic hydroxyl groups excluding tert-OH is 3. The maximum Gasteiger partial charge on any atom is 0.261 e. The molecule has 0 radical (unpaired) electrons. The number of hydrogen-bond donors (Lipinski definition) is 3. The normalized spacial score (nSPS) is 32.1. The van der Waals surface area contributed by atoms with Crippen LogP contribution in [0, 0.1) is 67.0 Å². The fourth-order valence-corrected chi connectivity index (χ4v) is 29.6. The Hall–Kier alpha value is -9.19. The highest BCUT2D eigenvalue weighted by Gasteiger charge is 2.77. The van der Waals surface area contributed by atoms with Crippen molar-refractivity contribution in [2.75, 3.05) is 55.3 Å². The molecule has 16 atom stereocenters. The zero-order chi connectivity index (χ0) is 95.6. The average Bonchev–Trinajstić information content (AvgIpc) is 1.51. The molecule has 1 spiro atoms. The van der Waals surface area contributed by atoms with Crippen molar-refractivity contribution in [3.63, 3.8) is 0 Å². The molecule has 10 fully saturated rings. The van der Waals surface area contributed by atoms with Crippen LogP contribution in [-0.2, 0) is 80.3 Å². The Morgan fingerprint density at radius 1 is 0.511 bits per heavy atom. The van der Waals surface area contributed by atoms with Gasteiger partial charge in [-0.05, 0) is 166 Å². The van der Waals surface area contributed by atoms with Gasteiger partial charge in [-0.15, -0.1) is 0 Å². The Balaban J connectivity index is 0.000000197. The summed E-state index contributed by atoms with van der Waals surface area (Å²) in [5, 5.41) is 67.0. The van der Waals surface area contributed by atoms with Crippen LogP contribution in [0.15, 0.2) is 91.0 Å². The van der Waals surface area contributed by atoms with Crippen LogP contribution in [-0.4, -0.2) is 240 Å². The zero-order valence-electron chi connectivity index (χ0n) is 73.8. The standard InChI is InChI=1S/C24H27N3O7S2.C24H29N3O6S2.C20H23N5O3S2.C18H18N4O3S3.2CH4/c1-5-17(29)35-23(3)20(31)27-19(14-6-7-15-16(10-14)34-13-33-15)22(2,12-25)11-24(27,21(32)26(23)4)36-18(30)8-9-28;1-6-17(29)34-23(3)20(31)27-19(16-9-7-15(11-28)8-10-16)22(2,14-25)13-24(27,21(32)26(23)4)35-18(30)12-33-5;1-12(2)29-19(5)16(27)25-15(14-7-22-11-23-8-14)18(4,10-21)9-20(25,30-13(3)26)17(28)24(19)6;1-16(9-19)8-18-14(25)21(3)17(2,27-15(26)28-18)13(24)22(18)12(16)10-4-5-11(7-23)20-6-10;;/h6-7,10,19,28H,5,8-9,11,13H2,1-4H3;7-10,19,28H,6,11-13H2,1-5H3;7-8,11,15H,1,9H2,2-6H3;4-6,12,23H,7-8H2,1-3H3;2*1H4/t2*19?,22-,23+,24+;15?,18-,19+,20+;12?,16-,17+,18+;;/m1111../s1. The number of thiocarbonyl (C=S) groups is 1. The molecule has 34 nitrogen and oxygen atoms in total. The Labute approximate surface area is 800 Å². The number of fused-ring (bicyclic) bond motifs is 7. The van der Waals surface area contributed by atoms with Gasteiger partial charge in [0.15, 0.2) is 70.9 Å². The van der Waals surface area contributed by atoms with Crippen molar-refractivity contribution in [1.82, 2.24) is 54.2 Å². The van der Waals surface area contributed by atoms with E-state index in [9.17, 15) is 98.7 Å². The van der Waals surface area contributed by atoms with Crippen LogP contribution in [0.25, 0.3) is 0 Å². The lowest BCUT2D eigenvalue weighted by atomic mass is 9.79. The first-order valence-corrected chi connectivity index (χ1v) is 47.4. The fourth-order valence-electron chi connectivity index (χ4n) is 18.4. The summed E-state index contributed by atoms with van der Waals surface area (Å²) >= 11 is 12.7. The molecule has 15 rings (SSSR count). The van der Waals surface area contributed by atoms with E-state index in [0.29, 0.717) is 77.0 Å². The third kappa shape index (κ3) is 17.5. The van der Waals surface area contributed by atoms with E-state index in [1.54, 1.807) is 154 Å². The highest BCUT2D eigenvalue weighted by molar-refractivity contribution is 8.48. The second-order valence-corrected chi connectivity index (χ2v) is 46.6. The van der Waals surface area contributed by atoms with Gasteiger partial charge in [-0.2, -0.15) is 21.0 Å². The number of amides is 8. The summed E-state index contributed by atoms with van der Waals surface area (Å²) in [7, 11) is 7.42. The second-order valence-electron chi connectivity index (χ2n) is 33.9. The van der Waals surface area contributed by atoms with Crippen LogP contribution in [0.3, 0.4) is 0 Å². The minimum atomic E-state index is -1.72. The SMILES string of the molecule is C.C.C=C(C)S[C@@]1(C)C(=O)N2C(c3cncnc3)[C@@](C)(C#N)C[C@]2(SC(C)=O)C(=O)N1C.CCC(=O)S[C@@]1(C)C(=O)N2C(c3ccc(CO)cc3)[C@@](C)(C#N)C[C@]2(SC(=O)COC)C(=O)N1C.CCC(=O)S[C@@]1(C)C(=O)N2C(c3ccc4c(c3)OCO4)[C@@](C)(C#N)C[C@]2(SC(=O)CCO)C(=O)N1C.CN1C(=O)[C@@]23C[C@](C)(C#N)C(c4ccc(CO)nc4)N2C(=O)[C@]1(C)SC(=S)S3. The molecule has 0 saturated carbocycles. The molecule has 0 aliphatic carbocycles. The number of nitriles is 4. The highest BCUT2D eigenvalue weighted by Crippen LogP contribution is 2.69. The van der Waals surface area contributed by atoms with Gasteiger partial charge in [-0.3, -0.25) is 67.3 Å². The summed E-state index contributed by atoms with van der Waals surface area (Å²) in [6.45, 7) is 22.5. The minimum Gasteiger partial charge on any atom is -0.454 e.